The van der Waals surface area contributed by atoms with E-state index < -0.39 is 12.2 Å². The van der Waals surface area contributed by atoms with Gasteiger partial charge in [0.25, 0.3) is 0 Å². The first-order valence-electron chi connectivity index (χ1n) is 8.48. The molecule has 1 unspecified atom stereocenters. The van der Waals surface area contributed by atoms with Gasteiger partial charge in [-0.15, -0.1) is 0 Å². The third-order valence-electron chi connectivity index (χ3n) is 4.26. The molecule has 1 aromatic carbocycles. The standard InChI is InChI=1S/C18H24N6O3/c1-18(2,3)15(27-17(20)25)11-7-21-24(9-11)8-10-5-12-14(13(6-10)26-4)16(19)23-22-12/h5-7,9,15H,8H2,1-4H3,(H2,20,25)(H3,19,22,23). The summed E-state index contributed by atoms with van der Waals surface area (Å²) in [5.74, 6) is 1.04. The van der Waals surface area contributed by atoms with Gasteiger partial charge in [-0.2, -0.15) is 10.2 Å². The molecule has 0 radical (unpaired) electrons. The van der Waals surface area contributed by atoms with Gasteiger partial charge in [-0.3, -0.25) is 9.78 Å². The molecule has 0 aliphatic carbocycles. The Balaban J connectivity index is 1.89. The van der Waals surface area contributed by atoms with Crippen LogP contribution in [0.2, 0.25) is 0 Å². The average Bonchev–Trinajstić information content (AvgIpc) is 3.18. The number of aromatic amines is 1. The Kier molecular flexibility index (Phi) is 4.69. The van der Waals surface area contributed by atoms with Crippen molar-refractivity contribution in [1.29, 1.82) is 0 Å². The number of carbonyl (C=O) groups excluding carboxylic acids is 1. The second-order valence-electron chi connectivity index (χ2n) is 7.48. The number of nitrogens with zero attached hydrogens (tertiary/aromatic N) is 3. The van der Waals surface area contributed by atoms with Crippen LogP contribution in [0.25, 0.3) is 10.9 Å². The van der Waals surface area contributed by atoms with E-state index in [4.69, 9.17) is 20.9 Å². The first-order valence-corrected chi connectivity index (χ1v) is 8.48. The number of rotatable bonds is 5. The van der Waals surface area contributed by atoms with Gasteiger partial charge in [-0.25, -0.2) is 4.79 Å². The highest BCUT2D eigenvalue weighted by atomic mass is 16.6. The molecule has 0 bridgehead atoms. The van der Waals surface area contributed by atoms with Crippen LogP contribution in [0.5, 0.6) is 5.75 Å². The number of H-pyrrole nitrogens is 1. The summed E-state index contributed by atoms with van der Waals surface area (Å²) in [5.41, 5.74) is 13.3. The van der Waals surface area contributed by atoms with E-state index in [-0.39, 0.29) is 5.41 Å². The van der Waals surface area contributed by atoms with E-state index in [2.05, 4.69) is 15.3 Å². The quantitative estimate of drug-likeness (QED) is 0.630. The van der Waals surface area contributed by atoms with Gasteiger partial charge in [0, 0.05) is 17.2 Å². The van der Waals surface area contributed by atoms with Gasteiger partial charge in [-0.1, -0.05) is 20.8 Å². The van der Waals surface area contributed by atoms with Crippen LogP contribution in [-0.2, 0) is 11.3 Å². The Bertz CT molecular complexity index is 969. The highest BCUT2D eigenvalue weighted by molar-refractivity contribution is 5.94. The number of nitrogen functional groups attached to an aromatic ring is 1. The molecule has 3 aromatic rings. The van der Waals surface area contributed by atoms with Crippen LogP contribution in [0.15, 0.2) is 24.5 Å². The molecule has 9 nitrogen and oxygen atoms in total. The maximum absolute atomic E-state index is 11.3. The zero-order valence-electron chi connectivity index (χ0n) is 15.8. The number of nitrogens with two attached hydrogens (primary N) is 2. The van der Waals surface area contributed by atoms with Crippen molar-refractivity contribution in [2.75, 3.05) is 12.8 Å². The predicted molar refractivity (Wildman–Crippen MR) is 101 cm³/mol. The van der Waals surface area contributed by atoms with Gasteiger partial charge < -0.3 is 20.9 Å². The number of fused-ring (bicyclic) bond motifs is 1. The van der Waals surface area contributed by atoms with E-state index in [0.717, 1.165) is 22.0 Å². The molecule has 1 amide bonds. The number of carbonyl (C=O) groups is 1. The molecule has 5 N–H and O–H groups in total. The van der Waals surface area contributed by atoms with Crippen molar-refractivity contribution < 1.29 is 14.3 Å². The molecule has 2 heterocycles. The van der Waals surface area contributed by atoms with Gasteiger partial charge in [0.2, 0.25) is 0 Å². The fraction of sp³-hybridized carbons (Fsp3) is 0.389. The lowest BCUT2D eigenvalue weighted by Crippen LogP contribution is -2.26. The topological polar surface area (TPSA) is 134 Å². The normalized spacial score (nSPS) is 12.9. The fourth-order valence-corrected chi connectivity index (χ4v) is 3.10. The van der Waals surface area contributed by atoms with Crippen molar-refractivity contribution in [3.63, 3.8) is 0 Å². The number of ether oxygens (including phenoxy) is 2. The second kappa shape index (κ2) is 6.82. The summed E-state index contributed by atoms with van der Waals surface area (Å²) in [6, 6.07) is 3.85. The Labute approximate surface area is 156 Å². The van der Waals surface area contributed by atoms with Gasteiger partial charge in [-0.05, 0) is 17.7 Å². The van der Waals surface area contributed by atoms with Crippen molar-refractivity contribution in [2.24, 2.45) is 11.1 Å². The minimum Gasteiger partial charge on any atom is -0.496 e. The smallest absolute Gasteiger partial charge is 0.405 e. The predicted octanol–water partition coefficient (Wildman–Crippen LogP) is 2.58. The lowest BCUT2D eigenvalue weighted by molar-refractivity contribution is 0.0359. The summed E-state index contributed by atoms with van der Waals surface area (Å²) >= 11 is 0. The number of anilines is 1. The third kappa shape index (κ3) is 3.81. The first-order chi connectivity index (χ1) is 12.7. The molecule has 2 aromatic heterocycles. The van der Waals surface area contributed by atoms with Crippen LogP contribution in [0.4, 0.5) is 10.6 Å². The zero-order chi connectivity index (χ0) is 19.8. The Morgan fingerprint density at radius 1 is 1.37 bits per heavy atom. The van der Waals surface area contributed by atoms with Gasteiger partial charge in [0.15, 0.2) is 5.82 Å². The zero-order valence-corrected chi connectivity index (χ0v) is 15.8. The van der Waals surface area contributed by atoms with Crippen LogP contribution >= 0.6 is 0 Å². The van der Waals surface area contributed by atoms with E-state index in [9.17, 15) is 4.79 Å². The second-order valence-corrected chi connectivity index (χ2v) is 7.48. The van der Waals surface area contributed by atoms with E-state index in [0.29, 0.717) is 18.1 Å². The molecule has 3 rings (SSSR count). The van der Waals surface area contributed by atoms with Gasteiger partial charge in [0.1, 0.15) is 11.9 Å². The number of nitrogens with one attached hydrogen (secondary N) is 1. The van der Waals surface area contributed by atoms with Crippen molar-refractivity contribution >= 4 is 22.8 Å². The number of methoxy groups -OCH3 is 1. The molecular weight excluding hydrogens is 348 g/mol. The highest BCUT2D eigenvalue weighted by Gasteiger charge is 2.30. The highest BCUT2D eigenvalue weighted by Crippen LogP contribution is 2.36. The molecule has 0 aliphatic heterocycles. The summed E-state index contributed by atoms with van der Waals surface area (Å²) in [6.07, 6.45) is 2.22. The van der Waals surface area contributed by atoms with E-state index in [1.807, 2.05) is 39.1 Å². The average molecular weight is 372 g/mol. The molecule has 144 valence electrons. The molecular formula is C18H24N6O3. The van der Waals surface area contributed by atoms with Crippen molar-refractivity contribution in [3.8, 4) is 5.75 Å². The van der Waals surface area contributed by atoms with E-state index in [1.165, 1.54) is 0 Å². The lowest BCUT2D eigenvalue weighted by Gasteiger charge is -2.28. The van der Waals surface area contributed by atoms with Crippen molar-refractivity contribution in [3.05, 3.63) is 35.7 Å². The number of aromatic nitrogens is 4. The summed E-state index contributed by atoms with van der Waals surface area (Å²) in [6.45, 7) is 6.41. The number of benzene rings is 1. The molecule has 0 fully saturated rings. The summed E-state index contributed by atoms with van der Waals surface area (Å²) in [7, 11) is 1.59. The van der Waals surface area contributed by atoms with Crippen LogP contribution in [0.3, 0.4) is 0 Å². The summed E-state index contributed by atoms with van der Waals surface area (Å²) in [4.78, 5) is 11.3. The monoisotopic (exact) mass is 372 g/mol. The molecule has 0 aliphatic rings. The van der Waals surface area contributed by atoms with Crippen molar-refractivity contribution in [2.45, 2.75) is 33.4 Å². The van der Waals surface area contributed by atoms with Gasteiger partial charge in [0.05, 0.1) is 30.8 Å². The van der Waals surface area contributed by atoms with Crippen molar-refractivity contribution in [1.82, 2.24) is 20.0 Å². The van der Waals surface area contributed by atoms with E-state index in [1.54, 1.807) is 18.0 Å². The molecule has 0 saturated carbocycles. The third-order valence-corrected chi connectivity index (χ3v) is 4.26. The van der Waals surface area contributed by atoms with Crippen LogP contribution in [-0.4, -0.2) is 33.2 Å². The Morgan fingerprint density at radius 3 is 2.74 bits per heavy atom. The maximum Gasteiger partial charge on any atom is 0.405 e. The summed E-state index contributed by atoms with van der Waals surface area (Å²) < 4.78 is 12.5. The first kappa shape index (κ1) is 18.6. The molecule has 0 spiro atoms. The minimum absolute atomic E-state index is 0.321. The molecule has 27 heavy (non-hydrogen) atoms. The number of primary amides is 1. The van der Waals surface area contributed by atoms with E-state index >= 15 is 0 Å². The largest absolute Gasteiger partial charge is 0.496 e. The Morgan fingerprint density at radius 2 is 2.11 bits per heavy atom. The maximum atomic E-state index is 11.3. The molecule has 9 heteroatoms. The number of amides is 1. The number of hydrogen-bond acceptors (Lipinski definition) is 6. The van der Waals surface area contributed by atoms with Gasteiger partial charge >= 0.3 is 6.09 Å². The fourth-order valence-electron chi connectivity index (χ4n) is 3.10. The lowest BCUT2D eigenvalue weighted by atomic mass is 9.86. The molecule has 1 atom stereocenters. The number of hydrogen-bond donors (Lipinski definition) is 3. The SMILES string of the molecule is COc1cc(Cn2cc(C(OC(N)=O)C(C)(C)C)cn2)cc2[nH]nc(N)c12. The minimum atomic E-state index is -0.810. The van der Waals surface area contributed by atoms with Crippen LogP contribution in [0.1, 0.15) is 38.0 Å². The van der Waals surface area contributed by atoms with Crippen LogP contribution in [0, 0.1) is 5.41 Å². The van der Waals surface area contributed by atoms with Crippen LogP contribution < -0.4 is 16.2 Å². The molecule has 0 saturated heterocycles. The Hall–Kier alpha value is -3.23. The summed E-state index contributed by atoms with van der Waals surface area (Å²) in [5, 5.41) is 12.1.